The first kappa shape index (κ1) is 21.0. The molecule has 0 unspecified atom stereocenters. The van der Waals surface area contributed by atoms with Gasteiger partial charge in [-0.3, -0.25) is 9.59 Å². The highest BCUT2D eigenvalue weighted by Crippen LogP contribution is 2.30. The molecule has 4 aromatic rings. The standard InChI is InChI=1S/C25H20FN3O3/c26-20-14-8-7-13-19(20)21-22(24(30)27-15-17-9-3-1-4-10-17)29-32-23(21)25(31)28-16-18-11-5-2-6-12-18/h1-14H,15-16H2,(H,27,30)(H,28,31). The molecule has 32 heavy (non-hydrogen) atoms. The molecule has 0 fully saturated rings. The minimum Gasteiger partial charge on any atom is -0.350 e. The van der Waals surface area contributed by atoms with Gasteiger partial charge in [0.25, 0.3) is 11.8 Å². The van der Waals surface area contributed by atoms with Crippen molar-refractivity contribution in [2.75, 3.05) is 0 Å². The van der Waals surface area contributed by atoms with Gasteiger partial charge in [-0.15, -0.1) is 0 Å². The number of rotatable bonds is 7. The number of halogens is 1. The smallest absolute Gasteiger partial charge is 0.290 e. The second-order valence-electron chi connectivity index (χ2n) is 7.05. The second kappa shape index (κ2) is 9.70. The molecule has 4 rings (SSSR count). The van der Waals surface area contributed by atoms with Gasteiger partial charge in [-0.25, -0.2) is 4.39 Å². The maximum atomic E-state index is 14.6. The molecule has 0 radical (unpaired) electrons. The van der Waals surface area contributed by atoms with Crippen molar-refractivity contribution in [2.24, 2.45) is 0 Å². The van der Waals surface area contributed by atoms with Crippen molar-refractivity contribution < 1.29 is 18.5 Å². The van der Waals surface area contributed by atoms with E-state index in [-0.39, 0.29) is 35.7 Å². The van der Waals surface area contributed by atoms with Crippen LogP contribution in [0, 0.1) is 5.82 Å². The van der Waals surface area contributed by atoms with E-state index in [0.29, 0.717) is 0 Å². The highest BCUT2D eigenvalue weighted by Gasteiger charge is 2.29. The van der Waals surface area contributed by atoms with Gasteiger partial charge < -0.3 is 15.2 Å². The van der Waals surface area contributed by atoms with Crippen LogP contribution in [0.2, 0.25) is 0 Å². The number of aromatic nitrogens is 1. The fourth-order valence-corrected chi connectivity index (χ4v) is 3.23. The lowest BCUT2D eigenvalue weighted by Gasteiger charge is -2.08. The summed E-state index contributed by atoms with van der Waals surface area (Å²) in [4.78, 5) is 25.7. The number of hydrogen-bond acceptors (Lipinski definition) is 4. The Hall–Kier alpha value is -4.26. The van der Waals surface area contributed by atoms with E-state index in [1.807, 2.05) is 60.7 Å². The van der Waals surface area contributed by atoms with Crippen molar-refractivity contribution >= 4 is 11.8 Å². The summed E-state index contributed by atoms with van der Waals surface area (Å²) < 4.78 is 19.8. The number of nitrogens with zero attached hydrogens (tertiary/aromatic N) is 1. The largest absolute Gasteiger partial charge is 0.350 e. The molecule has 1 heterocycles. The predicted octanol–water partition coefficient (Wildman–Crippen LogP) is 4.34. The first-order valence-electron chi connectivity index (χ1n) is 10.0. The van der Waals surface area contributed by atoms with E-state index in [4.69, 9.17) is 4.52 Å². The van der Waals surface area contributed by atoms with Crippen LogP contribution in [0.1, 0.15) is 32.2 Å². The summed E-state index contributed by atoms with van der Waals surface area (Å²) in [6, 6.07) is 24.5. The van der Waals surface area contributed by atoms with Crippen molar-refractivity contribution in [3.63, 3.8) is 0 Å². The molecule has 2 amide bonds. The molecule has 0 atom stereocenters. The zero-order valence-electron chi connectivity index (χ0n) is 17.0. The van der Waals surface area contributed by atoms with Gasteiger partial charge in [-0.1, -0.05) is 84.0 Å². The van der Waals surface area contributed by atoms with E-state index in [9.17, 15) is 14.0 Å². The summed E-state index contributed by atoms with van der Waals surface area (Å²) in [5.74, 6) is -1.99. The van der Waals surface area contributed by atoms with E-state index in [2.05, 4.69) is 15.8 Å². The number of carbonyl (C=O) groups excluding carboxylic acids is 2. The number of hydrogen-bond donors (Lipinski definition) is 2. The topological polar surface area (TPSA) is 84.2 Å². The van der Waals surface area contributed by atoms with E-state index < -0.39 is 17.6 Å². The van der Waals surface area contributed by atoms with Crippen LogP contribution in [0.5, 0.6) is 0 Å². The maximum Gasteiger partial charge on any atom is 0.290 e. The van der Waals surface area contributed by atoms with Crippen LogP contribution in [0.25, 0.3) is 11.1 Å². The summed E-state index contributed by atoms with van der Waals surface area (Å²) in [6.07, 6.45) is 0. The number of benzene rings is 3. The van der Waals surface area contributed by atoms with Crippen LogP contribution < -0.4 is 10.6 Å². The molecule has 0 aliphatic rings. The first-order chi connectivity index (χ1) is 15.6. The molecule has 160 valence electrons. The van der Waals surface area contributed by atoms with Gasteiger partial charge in [-0.2, -0.15) is 0 Å². The van der Waals surface area contributed by atoms with Crippen LogP contribution >= 0.6 is 0 Å². The lowest BCUT2D eigenvalue weighted by atomic mass is 10.0. The summed E-state index contributed by atoms with van der Waals surface area (Å²) >= 11 is 0. The SMILES string of the molecule is O=C(NCc1ccccc1)c1noc(C(=O)NCc2ccccc2)c1-c1ccccc1F. The van der Waals surface area contributed by atoms with E-state index in [1.165, 1.54) is 18.2 Å². The summed E-state index contributed by atoms with van der Waals surface area (Å²) in [7, 11) is 0. The first-order valence-corrected chi connectivity index (χ1v) is 10.0. The van der Waals surface area contributed by atoms with Crippen molar-refractivity contribution in [3.8, 4) is 11.1 Å². The number of amides is 2. The molecule has 6 nitrogen and oxygen atoms in total. The molecule has 2 N–H and O–H groups in total. The lowest BCUT2D eigenvalue weighted by molar-refractivity contribution is 0.0906. The van der Waals surface area contributed by atoms with Gasteiger partial charge in [0, 0.05) is 18.7 Å². The monoisotopic (exact) mass is 429 g/mol. The highest BCUT2D eigenvalue weighted by molar-refractivity contribution is 6.06. The highest BCUT2D eigenvalue weighted by atomic mass is 19.1. The average Bonchev–Trinajstić information content (AvgIpc) is 3.28. The van der Waals surface area contributed by atoms with Crippen LogP contribution in [0.4, 0.5) is 4.39 Å². The zero-order chi connectivity index (χ0) is 22.3. The average molecular weight is 429 g/mol. The van der Waals surface area contributed by atoms with Crippen LogP contribution in [-0.4, -0.2) is 17.0 Å². The summed E-state index contributed by atoms with van der Waals surface area (Å²) in [5.41, 5.74) is 1.69. The van der Waals surface area contributed by atoms with Gasteiger partial charge in [-0.05, 0) is 17.2 Å². The van der Waals surface area contributed by atoms with Crippen molar-refractivity contribution in [1.29, 1.82) is 0 Å². The minimum absolute atomic E-state index is 0.0132. The third-order valence-electron chi connectivity index (χ3n) is 4.85. The van der Waals surface area contributed by atoms with Crippen LogP contribution in [0.3, 0.4) is 0 Å². The Balaban J connectivity index is 1.62. The van der Waals surface area contributed by atoms with Crippen molar-refractivity contribution in [1.82, 2.24) is 15.8 Å². The van der Waals surface area contributed by atoms with E-state index >= 15 is 0 Å². The molecule has 0 aliphatic carbocycles. The molecule has 0 aliphatic heterocycles. The van der Waals surface area contributed by atoms with Gasteiger partial charge >= 0.3 is 0 Å². The normalized spacial score (nSPS) is 10.5. The molecular weight excluding hydrogens is 409 g/mol. The number of nitrogens with one attached hydrogen (secondary N) is 2. The molecule has 7 heteroatoms. The predicted molar refractivity (Wildman–Crippen MR) is 117 cm³/mol. The number of carbonyl (C=O) groups is 2. The van der Waals surface area contributed by atoms with Crippen molar-refractivity contribution in [2.45, 2.75) is 13.1 Å². The fraction of sp³-hybridized carbons (Fsp3) is 0.0800. The van der Waals surface area contributed by atoms with Gasteiger partial charge in [0.15, 0.2) is 5.69 Å². The second-order valence-corrected chi connectivity index (χ2v) is 7.05. The molecule has 0 bridgehead atoms. The van der Waals surface area contributed by atoms with E-state index in [0.717, 1.165) is 11.1 Å². The van der Waals surface area contributed by atoms with Gasteiger partial charge in [0.1, 0.15) is 5.82 Å². The zero-order valence-corrected chi connectivity index (χ0v) is 17.0. The van der Waals surface area contributed by atoms with Crippen LogP contribution in [-0.2, 0) is 13.1 Å². The Morgan fingerprint density at radius 2 is 1.28 bits per heavy atom. The third-order valence-corrected chi connectivity index (χ3v) is 4.85. The van der Waals surface area contributed by atoms with Gasteiger partial charge in [0.2, 0.25) is 5.76 Å². The quantitative estimate of drug-likeness (QED) is 0.458. The molecule has 0 spiro atoms. The Kier molecular flexibility index (Phi) is 6.36. The lowest BCUT2D eigenvalue weighted by Crippen LogP contribution is -2.25. The third kappa shape index (κ3) is 4.73. The Morgan fingerprint density at radius 3 is 1.88 bits per heavy atom. The molecule has 0 saturated heterocycles. The molecule has 1 aromatic heterocycles. The molecular formula is C25H20FN3O3. The molecule has 0 saturated carbocycles. The Labute approximate surface area is 184 Å². The maximum absolute atomic E-state index is 14.6. The fourth-order valence-electron chi connectivity index (χ4n) is 3.23. The Bertz CT molecular complexity index is 1150. The van der Waals surface area contributed by atoms with Gasteiger partial charge in [0.05, 0.1) is 5.56 Å². The van der Waals surface area contributed by atoms with E-state index in [1.54, 1.807) is 6.07 Å². The molecule has 3 aromatic carbocycles. The van der Waals surface area contributed by atoms with Crippen molar-refractivity contribution in [3.05, 3.63) is 113 Å². The summed E-state index contributed by atoms with van der Waals surface area (Å²) in [6.45, 7) is 0.491. The minimum atomic E-state index is -0.596. The Morgan fingerprint density at radius 1 is 0.750 bits per heavy atom. The van der Waals surface area contributed by atoms with Crippen LogP contribution in [0.15, 0.2) is 89.5 Å². The summed E-state index contributed by atoms with van der Waals surface area (Å²) in [5, 5.41) is 9.27.